The number of nitrogens with zero attached hydrogens (tertiary/aromatic N) is 4. The van der Waals surface area contributed by atoms with E-state index in [9.17, 15) is 9.18 Å². The van der Waals surface area contributed by atoms with Crippen molar-refractivity contribution in [1.29, 1.82) is 0 Å². The maximum Gasteiger partial charge on any atom is 0.253 e. The van der Waals surface area contributed by atoms with E-state index in [-0.39, 0.29) is 11.7 Å². The van der Waals surface area contributed by atoms with E-state index < -0.39 is 5.25 Å². The Labute approximate surface area is 217 Å². The lowest BCUT2D eigenvalue weighted by Crippen LogP contribution is -2.28. The topological polar surface area (TPSA) is 84.2 Å². The number of thioether (sulfide) groups is 1. The molecule has 4 aromatic rings. The Hall–Kier alpha value is -3.69. The van der Waals surface area contributed by atoms with Crippen LogP contribution < -0.4 is 10.7 Å². The summed E-state index contributed by atoms with van der Waals surface area (Å²) in [7, 11) is 0. The van der Waals surface area contributed by atoms with E-state index in [0.717, 1.165) is 16.9 Å². The van der Waals surface area contributed by atoms with Gasteiger partial charge < -0.3 is 5.32 Å². The summed E-state index contributed by atoms with van der Waals surface area (Å²) >= 11 is 7.26. The monoisotopic (exact) mass is 522 g/mol. The van der Waals surface area contributed by atoms with Crippen LogP contribution in [-0.4, -0.2) is 31.6 Å². The Morgan fingerprint density at radius 3 is 2.44 bits per heavy atom. The van der Waals surface area contributed by atoms with Gasteiger partial charge in [-0.1, -0.05) is 53.7 Å². The van der Waals surface area contributed by atoms with Crippen molar-refractivity contribution in [2.75, 3.05) is 5.32 Å². The number of hydrogen-bond donors (Lipinski definition) is 2. The highest BCUT2D eigenvalue weighted by Gasteiger charge is 2.21. The van der Waals surface area contributed by atoms with Gasteiger partial charge >= 0.3 is 0 Å². The minimum Gasteiger partial charge on any atom is -0.378 e. The summed E-state index contributed by atoms with van der Waals surface area (Å²) in [6.45, 7) is 3.95. The molecule has 0 aliphatic heterocycles. The molecule has 0 bridgehead atoms. The van der Waals surface area contributed by atoms with Crippen LogP contribution in [0.15, 0.2) is 89.1 Å². The van der Waals surface area contributed by atoms with Crippen LogP contribution in [0.5, 0.6) is 0 Å². The molecule has 0 aliphatic carbocycles. The van der Waals surface area contributed by atoms with Crippen LogP contribution in [0.3, 0.4) is 0 Å². The molecule has 3 aromatic carbocycles. The molecular weight excluding hydrogens is 499 g/mol. The van der Waals surface area contributed by atoms with E-state index in [4.69, 9.17) is 11.6 Å². The van der Waals surface area contributed by atoms with Crippen LogP contribution >= 0.6 is 23.4 Å². The second-order valence-corrected chi connectivity index (χ2v) is 9.61. The highest BCUT2D eigenvalue weighted by Crippen LogP contribution is 2.26. The Bertz CT molecular complexity index is 1340. The predicted molar refractivity (Wildman–Crippen MR) is 142 cm³/mol. The van der Waals surface area contributed by atoms with Crippen molar-refractivity contribution in [2.45, 2.75) is 30.8 Å². The zero-order chi connectivity index (χ0) is 25.5. The fourth-order valence-corrected chi connectivity index (χ4v) is 4.28. The van der Waals surface area contributed by atoms with Crippen LogP contribution in [0.1, 0.15) is 25.2 Å². The van der Waals surface area contributed by atoms with Crippen molar-refractivity contribution in [1.82, 2.24) is 20.2 Å². The van der Waals surface area contributed by atoms with Gasteiger partial charge in [0.1, 0.15) is 5.82 Å². The van der Waals surface area contributed by atoms with E-state index in [1.165, 1.54) is 23.9 Å². The number of halogens is 2. The molecule has 0 radical (unpaired) electrons. The molecule has 184 valence electrons. The zero-order valence-electron chi connectivity index (χ0n) is 19.7. The number of nitrogens with one attached hydrogen (secondary N) is 2. The first kappa shape index (κ1) is 25.4. The molecule has 10 heteroatoms. The standard InChI is InChI=1S/C26H24ClFN6OS/c1-17(19-8-12-21(28)13-9-19)30-32-25(35)18(2)36-26-33-31-24(34(26)23-6-4-3-5-7-23)16-29-22-14-10-20(27)11-15-22/h3-15,18,29H,16H2,1-2H3,(H,32,35)/t18-/m0/s1. The van der Waals surface area contributed by atoms with E-state index in [0.29, 0.717) is 28.3 Å². The Kier molecular flexibility index (Phi) is 8.35. The number of aromatic nitrogens is 3. The number of benzene rings is 3. The van der Waals surface area contributed by atoms with Crippen molar-refractivity contribution in [3.8, 4) is 5.69 Å². The molecule has 0 saturated heterocycles. The zero-order valence-corrected chi connectivity index (χ0v) is 21.2. The molecule has 0 spiro atoms. The first-order valence-electron chi connectivity index (χ1n) is 11.2. The second-order valence-electron chi connectivity index (χ2n) is 7.87. The number of hydrazone groups is 1. The molecule has 4 rings (SSSR count). The predicted octanol–water partition coefficient (Wildman–Crippen LogP) is 5.69. The molecule has 2 N–H and O–H groups in total. The minimum atomic E-state index is -0.501. The third-order valence-corrected chi connectivity index (χ3v) is 6.55. The van der Waals surface area contributed by atoms with Gasteiger partial charge in [0.25, 0.3) is 5.91 Å². The largest absolute Gasteiger partial charge is 0.378 e. The lowest BCUT2D eigenvalue weighted by atomic mass is 10.1. The number of anilines is 1. The Balaban J connectivity index is 1.48. The van der Waals surface area contributed by atoms with Crippen LogP contribution in [0.4, 0.5) is 10.1 Å². The molecule has 1 heterocycles. The van der Waals surface area contributed by atoms with E-state index in [1.807, 2.05) is 59.2 Å². The smallest absolute Gasteiger partial charge is 0.253 e. The summed E-state index contributed by atoms with van der Waals surface area (Å²) in [5.74, 6) is 0.0761. The molecule has 0 saturated carbocycles. The highest BCUT2D eigenvalue weighted by atomic mass is 35.5. The van der Waals surface area contributed by atoms with Crippen molar-refractivity contribution >= 4 is 40.7 Å². The molecule has 7 nitrogen and oxygen atoms in total. The molecule has 1 aromatic heterocycles. The second kappa shape index (κ2) is 11.8. The van der Waals surface area contributed by atoms with Crippen LogP contribution in [0, 0.1) is 5.82 Å². The number of para-hydroxylation sites is 1. The average molecular weight is 523 g/mol. The van der Waals surface area contributed by atoms with Gasteiger partial charge in [0.05, 0.1) is 17.5 Å². The number of hydrogen-bond acceptors (Lipinski definition) is 6. The van der Waals surface area contributed by atoms with Gasteiger partial charge in [-0.2, -0.15) is 5.10 Å². The lowest BCUT2D eigenvalue weighted by Gasteiger charge is -2.13. The van der Waals surface area contributed by atoms with Gasteiger partial charge in [-0.05, 0) is 67.9 Å². The van der Waals surface area contributed by atoms with Crippen molar-refractivity contribution in [2.24, 2.45) is 5.10 Å². The van der Waals surface area contributed by atoms with Gasteiger partial charge in [0, 0.05) is 16.4 Å². The minimum absolute atomic E-state index is 0.287. The Morgan fingerprint density at radius 1 is 1.06 bits per heavy atom. The van der Waals surface area contributed by atoms with Crippen molar-refractivity contribution < 1.29 is 9.18 Å². The number of amides is 1. The maximum atomic E-state index is 13.1. The third-order valence-electron chi connectivity index (χ3n) is 5.26. The Morgan fingerprint density at radius 2 is 1.75 bits per heavy atom. The molecule has 0 unspecified atom stereocenters. The molecule has 36 heavy (non-hydrogen) atoms. The van der Waals surface area contributed by atoms with Gasteiger partial charge in [-0.3, -0.25) is 9.36 Å². The van der Waals surface area contributed by atoms with Gasteiger partial charge in [0.15, 0.2) is 11.0 Å². The summed E-state index contributed by atoms with van der Waals surface area (Å²) in [4.78, 5) is 12.8. The molecule has 0 fully saturated rings. The van der Waals surface area contributed by atoms with Crippen LogP contribution in [0.2, 0.25) is 5.02 Å². The third kappa shape index (κ3) is 6.50. The number of rotatable bonds is 9. The fourth-order valence-electron chi connectivity index (χ4n) is 3.27. The average Bonchev–Trinajstić information content (AvgIpc) is 3.29. The van der Waals surface area contributed by atoms with E-state index >= 15 is 0 Å². The normalized spacial score (nSPS) is 12.3. The summed E-state index contributed by atoms with van der Waals surface area (Å²) in [6.07, 6.45) is 0. The summed E-state index contributed by atoms with van der Waals surface area (Å²) < 4.78 is 15.1. The maximum absolute atomic E-state index is 13.1. The highest BCUT2D eigenvalue weighted by molar-refractivity contribution is 8.00. The fraction of sp³-hybridized carbons (Fsp3) is 0.154. The summed E-state index contributed by atoms with van der Waals surface area (Å²) in [6, 6.07) is 23.1. The first-order chi connectivity index (χ1) is 17.4. The quantitative estimate of drug-likeness (QED) is 0.167. The molecular formula is C26H24ClFN6OS. The van der Waals surface area contributed by atoms with Crippen molar-refractivity contribution in [3.05, 3.63) is 101 Å². The van der Waals surface area contributed by atoms with Crippen LogP contribution in [-0.2, 0) is 11.3 Å². The SMILES string of the molecule is CC(=NNC(=O)[C@H](C)Sc1nnc(CNc2ccc(Cl)cc2)n1-c1ccccc1)c1ccc(F)cc1. The first-order valence-corrected chi connectivity index (χ1v) is 12.4. The van der Waals surface area contributed by atoms with Gasteiger partial charge in [-0.25, -0.2) is 9.82 Å². The number of carbonyl (C=O) groups excluding carboxylic acids is 1. The van der Waals surface area contributed by atoms with Gasteiger partial charge in [-0.15, -0.1) is 10.2 Å². The molecule has 1 atom stereocenters. The van der Waals surface area contributed by atoms with E-state index in [2.05, 4.69) is 26.0 Å². The molecule has 0 aliphatic rings. The van der Waals surface area contributed by atoms with Crippen LogP contribution in [0.25, 0.3) is 5.69 Å². The summed E-state index contributed by atoms with van der Waals surface area (Å²) in [5, 5.41) is 17.0. The van der Waals surface area contributed by atoms with E-state index in [1.54, 1.807) is 26.0 Å². The summed E-state index contributed by atoms with van der Waals surface area (Å²) in [5.41, 5.74) is 5.67. The molecule has 1 amide bonds. The van der Waals surface area contributed by atoms with Gasteiger partial charge in [0.2, 0.25) is 0 Å². The lowest BCUT2D eigenvalue weighted by molar-refractivity contribution is -0.120. The van der Waals surface area contributed by atoms with Crippen molar-refractivity contribution in [3.63, 3.8) is 0 Å². The number of carbonyl (C=O) groups is 1.